The van der Waals surface area contributed by atoms with Crippen molar-refractivity contribution >= 4 is 38.1 Å². The van der Waals surface area contributed by atoms with Gasteiger partial charge in [0.2, 0.25) is 10.0 Å². The molecule has 0 aliphatic carbocycles. The van der Waals surface area contributed by atoms with Gasteiger partial charge in [0.15, 0.2) is 5.13 Å². The van der Waals surface area contributed by atoms with Gasteiger partial charge in [0, 0.05) is 17.0 Å². The van der Waals surface area contributed by atoms with E-state index in [0.717, 1.165) is 16.8 Å². The number of carbonyl (C=O) groups is 1. The van der Waals surface area contributed by atoms with Gasteiger partial charge in [-0.15, -0.1) is 11.3 Å². The molecule has 0 saturated heterocycles. The Morgan fingerprint density at radius 3 is 2.77 bits per heavy atom. The first-order valence-corrected chi connectivity index (χ1v) is 12.0. The van der Waals surface area contributed by atoms with Gasteiger partial charge in [-0.25, -0.2) is 13.4 Å². The highest BCUT2D eigenvalue weighted by Crippen LogP contribution is 2.37. The average molecular weight is 444 g/mol. The van der Waals surface area contributed by atoms with Crippen molar-refractivity contribution in [3.8, 4) is 17.0 Å². The Labute approximate surface area is 179 Å². The van der Waals surface area contributed by atoms with Crippen molar-refractivity contribution in [3.05, 3.63) is 59.0 Å². The fourth-order valence-corrected chi connectivity index (χ4v) is 5.71. The second-order valence-electron chi connectivity index (χ2n) is 7.15. The van der Waals surface area contributed by atoms with Crippen LogP contribution in [-0.2, 0) is 16.4 Å². The third-order valence-corrected chi connectivity index (χ3v) is 6.99. The first-order chi connectivity index (χ1) is 14.3. The van der Waals surface area contributed by atoms with Gasteiger partial charge in [-0.05, 0) is 43.2 Å². The minimum absolute atomic E-state index is 0.114. The lowest BCUT2D eigenvalue weighted by Crippen LogP contribution is -2.34. The van der Waals surface area contributed by atoms with Crippen LogP contribution < -0.4 is 14.4 Å². The Bertz CT molecular complexity index is 1220. The van der Waals surface area contributed by atoms with Crippen LogP contribution in [0.4, 0.5) is 10.8 Å². The van der Waals surface area contributed by atoms with Crippen molar-refractivity contribution in [2.45, 2.75) is 19.4 Å². The minimum atomic E-state index is -3.32. The van der Waals surface area contributed by atoms with E-state index < -0.39 is 10.0 Å². The average Bonchev–Trinajstić information content (AvgIpc) is 3.30. The van der Waals surface area contributed by atoms with Crippen LogP contribution in [0.2, 0.25) is 0 Å². The fraction of sp³-hybridized carbons (Fsp3) is 0.238. The molecule has 30 heavy (non-hydrogen) atoms. The maximum absolute atomic E-state index is 12.6. The highest BCUT2D eigenvalue weighted by Gasteiger charge is 2.32. The van der Waals surface area contributed by atoms with Crippen molar-refractivity contribution in [1.29, 1.82) is 0 Å². The number of fused-ring (bicyclic) bond motifs is 1. The molecule has 1 unspecified atom stereocenters. The van der Waals surface area contributed by atoms with E-state index in [-0.39, 0.29) is 11.9 Å². The number of carbonyl (C=O) groups excluding carboxylic acids is 1. The summed E-state index contributed by atoms with van der Waals surface area (Å²) in [5.74, 6) is 0.204. The molecule has 1 aliphatic rings. The molecule has 4 rings (SSSR count). The van der Waals surface area contributed by atoms with E-state index in [9.17, 15) is 13.2 Å². The van der Waals surface area contributed by atoms with Crippen molar-refractivity contribution in [1.82, 2.24) is 4.98 Å². The summed E-state index contributed by atoms with van der Waals surface area (Å²) in [7, 11) is -1.80. The summed E-state index contributed by atoms with van der Waals surface area (Å²) in [6.07, 6.45) is 1.88. The number of aromatic nitrogens is 1. The summed E-state index contributed by atoms with van der Waals surface area (Å²) < 4.78 is 30.9. The van der Waals surface area contributed by atoms with E-state index >= 15 is 0 Å². The molecule has 0 saturated carbocycles. The Kier molecular flexibility index (Phi) is 5.25. The van der Waals surface area contributed by atoms with Gasteiger partial charge >= 0.3 is 0 Å². The van der Waals surface area contributed by atoms with Crippen LogP contribution in [0.15, 0.2) is 47.8 Å². The third kappa shape index (κ3) is 3.78. The van der Waals surface area contributed by atoms with Crippen molar-refractivity contribution < 1.29 is 17.9 Å². The highest BCUT2D eigenvalue weighted by atomic mass is 32.2. The Hall–Kier alpha value is -2.91. The van der Waals surface area contributed by atoms with Crippen LogP contribution >= 0.6 is 11.3 Å². The molecule has 3 aromatic rings. The molecular weight excluding hydrogens is 422 g/mol. The SMILES string of the molecule is COc1ccccc1C(=O)Nc1nc(-c2ccc3c(c2)CC(C)N3S(C)(=O)=O)cs1. The van der Waals surface area contributed by atoms with Crippen LogP contribution in [-0.4, -0.2) is 38.7 Å². The molecule has 2 aromatic carbocycles. The van der Waals surface area contributed by atoms with Gasteiger partial charge in [-0.2, -0.15) is 0 Å². The van der Waals surface area contributed by atoms with Crippen molar-refractivity contribution in [2.75, 3.05) is 23.0 Å². The summed E-state index contributed by atoms with van der Waals surface area (Å²) >= 11 is 1.33. The molecule has 9 heteroatoms. The summed E-state index contributed by atoms with van der Waals surface area (Å²) in [4.78, 5) is 17.1. The largest absolute Gasteiger partial charge is 0.496 e. The number of hydrogen-bond donors (Lipinski definition) is 1. The molecule has 1 aromatic heterocycles. The summed E-state index contributed by atoms with van der Waals surface area (Å²) in [5, 5.41) is 5.16. The number of benzene rings is 2. The number of para-hydroxylation sites is 1. The van der Waals surface area contributed by atoms with Crippen molar-refractivity contribution in [3.63, 3.8) is 0 Å². The monoisotopic (exact) mass is 443 g/mol. The number of rotatable bonds is 5. The fourth-order valence-electron chi connectivity index (χ4n) is 3.73. The van der Waals surface area contributed by atoms with E-state index in [1.54, 1.807) is 24.3 Å². The first-order valence-electron chi connectivity index (χ1n) is 9.30. The molecule has 156 valence electrons. The van der Waals surface area contributed by atoms with Gasteiger partial charge in [0.05, 0.1) is 30.3 Å². The molecule has 1 N–H and O–H groups in total. The summed E-state index contributed by atoms with van der Waals surface area (Å²) in [5.41, 5.74) is 3.73. The van der Waals surface area contributed by atoms with Crippen LogP contribution in [0.3, 0.4) is 0 Å². The normalized spacial score (nSPS) is 15.7. The van der Waals surface area contributed by atoms with Crippen LogP contribution in [0, 0.1) is 0 Å². The second-order valence-corrected chi connectivity index (χ2v) is 9.87. The first kappa shape index (κ1) is 20.4. The van der Waals surface area contributed by atoms with Gasteiger partial charge in [-0.1, -0.05) is 18.2 Å². The van der Waals surface area contributed by atoms with Gasteiger partial charge < -0.3 is 4.74 Å². The molecule has 0 bridgehead atoms. The zero-order chi connectivity index (χ0) is 21.5. The number of nitrogens with one attached hydrogen (secondary N) is 1. The minimum Gasteiger partial charge on any atom is -0.496 e. The quantitative estimate of drug-likeness (QED) is 0.648. The third-order valence-electron chi connectivity index (χ3n) is 4.96. The molecular formula is C21H21N3O4S2. The van der Waals surface area contributed by atoms with Crippen LogP contribution in [0.5, 0.6) is 5.75 Å². The second kappa shape index (κ2) is 7.73. The molecule has 1 aliphatic heterocycles. The van der Waals surface area contributed by atoms with E-state index in [1.807, 2.05) is 30.5 Å². The topological polar surface area (TPSA) is 88.6 Å². The standard InChI is InChI=1S/C21H21N3O4S2/c1-13-10-15-11-14(8-9-18(15)24(13)30(3,26)27)17-12-29-21(22-17)23-20(25)16-6-4-5-7-19(16)28-2/h4-9,11-13H,10H2,1-3H3,(H,22,23,25). The van der Waals surface area contributed by atoms with E-state index in [4.69, 9.17) is 4.74 Å². The molecule has 0 spiro atoms. The van der Waals surface area contributed by atoms with Crippen LogP contribution in [0.1, 0.15) is 22.8 Å². The number of sulfonamides is 1. The van der Waals surface area contributed by atoms with E-state index in [2.05, 4.69) is 10.3 Å². The van der Waals surface area contributed by atoms with Gasteiger partial charge in [-0.3, -0.25) is 14.4 Å². The van der Waals surface area contributed by atoms with Crippen LogP contribution in [0.25, 0.3) is 11.3 Å². The molecule has 7 nitrogen and oxygen atoms in total. The Morgan fingerprint density at radius 1 is 1.27 bits per heavy atom. The van der Waals surface area contributed by atoms with Gasteiger partial charge in [0.25, 0.3) is 5.91 Å². The summed E-state index contributed by atoms with van der Waals surface area (Å²) in [6, 6.07) is 12.5. The highest BCUT2D eigenvalue weighted by molar-refractivity contribution is 7.92. The Morgan fingerprint density at radius 2 is 2.03 bits per heavy atom. The molecule has 1 amide bonds. The lowest BCUT2D eigenvalue weighted by molar-refractivity contribution is 0.102. The molecule has 0 fully saturated rings. The predicted octanol–water partition coefficient (Wildman–Crippen LogP) is 3.78. The number of anilines is 2. The zero-order valence-corrected chi connectivity index (χ0v) is 18.4. The Balaban J connectivity index is 1.57. The molecule has 0 radical (unpaired) electrons. The number of hydrogen-bond acceptors (Lipinski definition) is 6. The smallest absolute Gasteiger partial charge is 0.261 e. The number of methoxy groups -OCH3 is 1. The zero-order valence-electron chi connectivity index (χ0n) is 16.7. The van der Waals surface area contributed by atoms with E-state index in [0.29, 0.717) is 28.6 Å². The number of nitrogens with zero attached hydrogens (tertiary/aromatic N) is 2. The lowest BCUT2D eigenvalue weighted by Gasteiger charge is -2.21. The number of amides is 1. The lowest BCUT2D eigenvalue weighted by atomic mass is 10.1. The maximum atomic E-state index is 12.6. The molecule has 1 atom stereocenters. The van der Waals surface area contributed by atoms with Gasteiger partial charge in [0.1, 0.15) is 5.75 Å². The van der Waals surface area contributed by atoms with Crippen molar-refractivity contribution in [2.24, 2.45) is 0 Å². The number of thiazole rings is 1. The predicted molar refractivity (Wildman–Crippen MR) is 119 cm³/mol. The van der Waals surface area contributed by atoms with E-state index in [1.165, 1.54) is 29.0 Å². The maximum Gasteiger partial charge on any atom is 0.261 e. The number of ether oxygens (including phenoxy) is 1. The molecule has 2 heterocycles. The summed E-state index contributed by atoms with van der Waals surface area (Å²) in [6.45, 7) is 1.90.